The number of pyridine rings is 1. The number of ether oxygens (including phenoxy) is 1. The summed E-state index contributed by atoms with van der Waals surface area (Å²) >= 11 is 1.64. The van der Waals surface area contributed by atoms with Crippen LogP contribution in [-0.4, -0.2) is 22.9 Å². The van der Waals surface area contributed by atoms with Crippen LogP contribution in [0.2, 0.25) is 0 Å². The fourth-order valence-corrected chi connectivity index (χ4v) is 2.22. The van der Waals surface area contributed by atoms with Crippen LogP contribution >= 0.6 is 11.8 Å². The maximum absolute atomic E-state index is 11.9. The zero-order valence-corrected chi connectivity index (χ0v) is 13.7. The Bertz CT molecular complexity index is 444. The monoisotopic (exact) mass is 296 g/mol. The van der Waals surface area contributed by atoms with E-state index in [2.05, 4.69) is 23.3 Å². The van der Waals surface area contributed by atoms with Gasteiger partial charge in [-0.05, 0) is 45.1 Å². The number of carbonyl (C=O) groups excluding carboxylic acids is 1. The summed E-state index contributed by atoms with van der Waals surface area (Å²) in [6.07, 6.45) is 7.09. The summed E-state index contributed by atoms with van der Waals surface area (Å²) in [6.45, 7) is 7.67. The third-order valence-electron chi connectivity index (χ3n) is 2.64. The highest BCUT2D eigenvalue weighted by Crippen LogP contribution is 2.23. The average molecular weight is 296 g/mol. The number of rotatable bonds is 5. The summed E-state index contributed by atoms with van der Waals surface area (Å²) in [5, 5.41) is 2.93. The van der Waals surface area contributed by atoms with Crippen molar-refractivity contribution in [2.24, 2.45) is 0 Å². The molecule has 1 heterocycles. The molecule has 1 atom stereocenters. The Morgan fingerprint density at radius 1 is 1.45 bits per heavy atom. The van der Waals surface area contributed by atoms with E-state index in [0.29, 0.717) is 0 Å². The normalized spacial score (nSPS) is 12.8. The van der Waals surface area contributed by atoms with Crippen molar-refractivity contribution in [2.45, 2.75) is 57.1 Å². The van der Waals surface area contributed by atoms with E-state index in [-0.39, 0.29) is 12.1 Å². The predicted octanol–water partition coefficient (Wildman–Crippen LogP) is 4.17. The number of thioether (sulfide) groups is 1. The Kier molecular flexibility index (Phi) is 6.33. The molecule has 1 aromatic heterocycles. The van der Waals surface area contributed by atoms with Gasteiger partial charge in [-0.25, -0.2) is 4.79 Å². The number of nitrogens with one attached hydrogen (secondary N) is 1. The molecule has 0 aliphatic carbocycles. The van der Waals surface area contributed by atoms with Crippen molar-refractivity contribution in [1.29, 1.82) is 0 Å². The van der Waals surface area contributed by atoms with E-state index in [1.165, 1.54) is 0 Å². The van der Waals surface area contributed by atoms with Crippen LogP contribution in [0.3, 0.4) is 0 Å². The van der Waals surface area contributed by atoms with Crippen molar-refractivity contribution in [2.75, 3.05) is 6.26 Å². The fourth-order valence-electron chi connectivity index (χ4n) is 1.80. The lowest BCUT2D eigenvalue weighted by molar-refractivity contribution is 0.0500. The van der Waals surface area contributed by atoms with Gasteiger partial charge >= 0.3 is 6.09 Å². The number of amides is 1. The third kappa shape index (κ3) is 5.82. The van der Waals surface area contributed by atoms with Gasteiger partial charge in [0.25, 0.3) is 0 Å². The minimum atomic E-state index is -0.486. The van der Waals surface area contributed by atoms with Crippen LogP contribution < -0.4 is 5.32 Å². The second-order valence-corrected chi connectivity index (χ2v) is 6.53. The van der Waals surface area contributed by atoms with E-state index in [9.17, 15) is 4.79 Å². The van der Waals surface area contributed by atoms with Crippen LogP contribution in [0.1, 0.15) is 52.1 Å². The first kappa shape index (κ1) is 16.8. The molecule has 0 aliphatic rings. The number of nitrogens with zero attached hydrogens (tertiary/aromatic N) is 1. The summed E-state index contributed by atoms with van der Waals surface area (Å²) < 4.78 is 5.32. The summed E-state index contributed by atoms with van der Waals surface area (Å²) in [5.74, 6) is 0. The number of hydrogen-bond donors (Lipinski definition) is 1. The van der Waals surface area contributed by atoms with Crippen LogP contribution in [0.25, 0.3) is 0 Å². The van der Waals surface area contributed by atoms with Gasteiger partial charge in [0, 0.05) is 17.3 Å². The van der Waals surface area contributed by atoms with Crippen LogP contribution in [0.4, 0.5) is 4.79 Å². The van der Waals surface area contributed by atoms with E-state index in [1.807, 2.05) is 33.2 Å². The molecule has 4 nitrogen and oxygen atoms in total. The number of aromatic nitrogens is 1. The van der Waals surface area contributed by atoms with Gasteiger partial charge in [-0.3, -0.25) is 4.98 Å². The quantitative estimate of drug-likeness (QED) is 0.829. The van der Waals surface area contributed by atoms with Gasteiger partial charge in [-0.15, -0.1) is 11.8 Å². The van der Waals surface area contributed by atoms with Gasteiger partial charge in [0.15, 0.2) is 0 Å². The molecule has 1 rings (SSSR count). The zero-order chi connectivity index (χ0) is 15.2. The lowest BCUT2D eigenvalue weighted by Gasteiger charge is -2.23. The molecular weight excluding hydrogens is 272 g/mol. The number of carbonyl (C=O) groups is 1. The molecule has 0 spiro atoms. The summed E-state index contributed by atoms with van der Waals surface area (Å²) in [6, 6.07) is 2.00. The first-order valence-electron chi connectivity index (χ1n) is 6.84. The molecule has 1 N–H and O–H groups in total. The standard InChI is InChI=1S/C15H24N2O2S/c1-6-7-13(17-14(18)19-15(2,3)4)11-8-12(20-5)10-16-9-11/h8-10,13H,6-7H2,1-5H3,(H,17,18). The van der Waals surface area contributed by atoms with Gasteiger partial charge in [0.05, 0.1) is 6.04 Å². The van der Waals surface area contributed by atoms with Gasteiger partial charge < -0.3 is 10.1 Å². The highest BCUT2D eigenvalue weighted by molar-refractivity contribution is 7.98. The molecular formula is C15H24N2O2S. The van der Waals surface area contributed by atoms with Gasteiger partial charge in [-0.1, -0.05) is 13.3 Å². The van der Waals surface area contributed by atoms with E-state index >= 15 is 0 Å². The third-order valence-corrected chi connectivity index (χ3v) is 3.34. The molecule has 0 fully saturated rings. The molecule has 0 saturated heterocycles. The molecule has 0 saturated carbocycles. The highest BCUT2D eigenvalue weighted by atomic mass is 32.2. The zero-order valence-electron chi connectivity index (χ0n) is 12.9. The van der Waals surface area contributed by atoms with E-state index in [4.69, 9.17) is 4.74 Å². The molecule has 0 aromatic carbocycles. The molecule has 1 aromatic rings. The van der Waals surface area contributed by atoms with Crippen LogP contribution in [-0.2, 0) is 4.74 Å². The van der Waals surface area contributed by atoms with E-state index in [1.54, 1.807) is 18.0 Å². The van der Waals surface area contributed by atoms with Gasteiger partial charge in [0.2, 0.25) is 0 Å². The molecule has 0 radical (unpaired) electrons. The maximum Gasteiger partial charge on any atom is 0.408 e. The van der Waals surface area contributed by atoms with Crippen molar-refractivity contribution in [3.05, 3.63) is 24.0 Å². The lowest BCUT2D eigenvalue weighted by Crippen LogP contribution is -2.35. The van der Waals surface area contributed by atoms with Crippen LogP contribution in [0.15, 0.2) is 23.4 Å². The van der Waals surface area contributed by atoms with E-state index in [0.717, 1.165) is 23.3 Å². The Morgan fingerprint density at radius 3 is 2.70 bits per heavy atom. The second kappa shape index (κ2) is 7.53. The molecule has 5 heteroatoms. The SMILES string of the molecule is CCCC(NC(=O)OC(C)(C)C)c1cncc(SC)c1. The summed E-state index contributed by atoms with van der Waals surface area (Å²) in [7, 11) is 0. The molecule has 1 amide bonds. The van der Waals surface area contributed by atoms with E-state index < -0.39 is 5.60 Å². The molecule has 20 heavy (non-hydrogen) atoms. The largest absolute Gasteiger partial charge is 0.444 e. The van der Waals surface area contributed by atoms with Crippen molar-refractivity contribution in [1.82, 2.24) is 10.3 Å². The molecule has 0 bridgehead atoms. The smallest absolute Gasteiger partial charge is 0.408 e. The van der Waals surface area contributed by atoms with Gasteiger partial charge in [-0.2, -0.15) is 0 Å². The van der Waals surface area contributed by atoms with Gasteiger partial charge in [0.1, 0.15) is 5.60 Å². The van der Waals surface area contributed by atoms with Crippen molar-refractivity contribution < 1.29 is 9.53 Å². The van der Waals surface area contributed by atoms with Crippen LogP contribution in [0, 0.1) is 0 Å². The summed E-state index contributed by atoms with van der Waals surface area (Å²) in [4.78, 5) is 17.2. The Labute approximate surface area is 125 Å². The first-order valence-corrected chi connectivity index (χ1v) is 8.06. The number of alkyl carbamates (subject to hydrolysis) is 1. The Balaban J connectivity index is 2.80. The maximum atomic E-state index is 11.9. The topological polar surface area (TPSA) is 51.2 Å². The van der Waals surface area contributed by atoms with Crippen molar-refractivity contribution in [3.63, 3.8) is 0 Å². The average Bonchev–Trinajstić information content (AvgIpc) is 2.36. The minimum absolute atomic E-state index is 0.0607. The van der Waals surface area contributed by atoms with Crippen LogP contribution in [0.5, 0.6) is 0 Å². The summed E-state index contributed by atoms with van der Waals surface area (Å²) in [5.41, 5.74) is 0.532. The minimum Gasteiger partial charge on any atom is -0.444 e. The lowest BCUT2D eigenvalue weighted by atomic mass is 10.0. The molecule has 1 unspecified atom stereocenters. The molecule has 112 valence electrons. The Morgan fingerprint density at radius 2 is 2.15 bits per heavy atom. The van der Waals surface area contributed by atoms with Crippen molar-refractivity contribution >= 4 is 17.9 Å². The fraction of sp³-hybridized carbons (Fsp3) is 0.600. The predicted molar refractivity (Wildman–Crippen MR) is 83.0 cm³/mol. The van der Waals surface area contributed by atoms with Crippen molar-refractivity contribution in [3.8, 4) is 0 Å². The second-order valence-electron chi connectivity index (χ2n) is 5.65. The Hall–Kier alpha value is -1.23. The number of hydrogen-bond acceptors (Lipinski definition) is 4. The highest BCUT2D eigenvalue weighted by Gasteiger charge is 2.20. The first-order chi connectivity index (χ1) is 9.35. The molecule has 0 aliphatic heterocycles.